The minimum absolute atomic E-state index is 0.122. The fraction of sp³-hybridized carbons (Fsp3) is 0.533. The first-order valence-corrected chi connectivity index (χ1v) is 7.10. The molecule has 0 aliphatic carbocycles. The van der Waals surface area contributed by atoms with Crippen LogP contribution in [0.25, 0.3) is 0 Å². The van der Waals surface area contributed by atoms with E-state index in [9.17, 15) is 9.18 Å². The average Bonchev–Trinajstić information content (AvgIpc) is 2.44. The Hall–Kier alpha value is -1.46. The smallest absolute Gasteiger partial charge is 0.254 e. The Bertz CT molecular complexity index is 470. The van der Waals surface area contributed by atoms with Crippen LogP contribution >= 0.6 is 0 Å². The van der Waals surface area contributed by atoms with Crippen molar-refractivity contribution in [1.29, 1.82) is 0 Å². The molecular weight excluding hydrogens is 257 g/mol. The molecule has 1 heterocycles. The SMILES string of the molecule is Cc1cccc(C(=O)NC2CCN(CCN)CC2)c1F. The minimum atomic E-state index is -0.425. The number of hydrogen-bond donors (Lipinski definition) is 2. The molecule has 1 aromatic rings. The van der Waals surface area contributed by atoms with Crippen molar-refractivity contribution in [2.45, 2.75) is 25.8 Å². The number of nitrogens with two attached hydrogens (primary N) is 1. The molecule has 3 N–H and O–H groups in total. The molecule has 1 amide bonds. The first kappa shape index (κ1) is 14.9. The molecule has 110 valence electrons. The molecule has 2 rings (SSSR count). The molecular formula is C15H22FN3O. The first-order valence-electron chi connectivity index (χ1n) is 7.10. The zero-order valence-corrected chi connectivity index (χ0v) is 11.9. The summed E-state index contributed by atoms with van der Waals surface area (Å²) in [6.07, 6.45) is 1.78. The van der Waals surface area contributed by atoms with Crippen LogP contribution in [-0.2, 0) is 0 Å². The van der Waals surface area contributed by atoms with Gasteiger partial charge in [0.2, 0.25) is 0 Å². The zero-order valence-electron chi connectivity index (χ0n) is 11.9. The standard InChI is InChI=1S/C15H22FN3O/c1-11-3-2-4-13(14(11)16)15(20)18-12-5-8-19(9-6-12)10-7-17/h2-4,12H,5-10,17H2,1H3,(H,18,20). The highest BCUT2D eigenvalue weighted by atomic mass is 19.1. The summed E-state index contributed by atoms with van der Waals surface area (Å²) in [5.74, 6) is -0.742. The number of hydrogen-bond acceptors (Lipinski definition) is 3. The van der Waals surface area contributed by atoms with Crippen molar-refractivity contribution in [3.8, 4) is 0 Å². The Balaban J connectivity index is 1.91. The second-order valence-corrected chi connectivity index (χ2v) is 5.31. The van der Waals surface area contributed by atoms with Crippen LogP contribution in [0.1, 0.15) is 28.8 Å². The Morgan fingerprint density at radius 3 is 2.80 bits per heavy atom. The van der Waals surface area contributed by atoms with Gasteiger partial charge in [0, 0.05) is 32.2 Å². The van der Waals surface area contributed by atoms with Crippen molar-refractivity contribution in [1.82, 2.24) is 10.2 Å². The number of carbonyl (C=O) groups is 1. The van der Waals surface area contributed by atoms with Gasteiger partial charge in [-0.15, -0.1) is 0 Å². The monoisotopic (exact) mass is 279 g/mol. The van der Waals surface area contributed by atoms with E-state index in [2.05, 4.69) is 10.2 Å². The molecule has 0 unspecified atom stereocenters. The summed E-state index contributed by atoms with van der Waals surface area (Å²) < 4.78 is 13.9. The molecule has 0 atom stereocenters. The van der Waals surface area contributed by atoms with Crippen LogP contribution in [0, 0.1) is 12.7 Å². The van der Waals surface area contributed by atoms with Gasteiger partial charge in [-0.05, 0) is 31.4 Å². The molecule has 4 nitrogen and oxygen atoms in total. The summed E-state index contributed by atoms with van der Waals surface area (Å²) in [6.45, 7) is 5.08. The fourth-order valence-electron chi connectivity index (χ4n) is 2.57. The predicted octanol–water partition coefficient (Wildman–Crippen LogP) is 1.29. The first-order chi connectivity index (χ1) is 9.61. The van der Waals surface area contributed by atoms with Crippen molar-refractivity contribution >= 4 is 5.91 Å². The van der Waals surface area contributed by atoms with Crippen LogP contribution in [0.15, 0.2) is 18.2 Å². The van der Waals surface area contributed by atoms with Crippen molar-refractivity contribution in [2.75, 3.05) is 26.2 Å². The highest BCUT2D eigenvalue weighted by Crippen LogP contribution is 2.14. The quantitative estimate of drug-likeness (QED) is 0.873. The van der Waals surface area contributed by atoms with Gasteiger partial charge in [-0.25, -0.2) is 4.39 Å². The lowest BCUT2D eigenvalue weighted by molar-refractivity contribution is 0.0907. The molecule has 5 heteroatoms. The third-order valence-corrected chi connectivity index (χ3v) is 3.80. The van der Waals surface area contributed by atoms with E-state index in [-0.39, 0.29) is 17.5 Å². The molecule has 1 aliphatic heterocycles. The molecule has 20 heavy (non-hydrogen) atoms. The molecule has 0 aromatic heterocycles. The van der Waals surface area contributed by atoms with Crippen LogP contribution in [-0.4, -0.2) is 43.0 Å². The highest BCUT2D eigenvalue weighted by Gasteiger charge is 2.22. The minimum Gasteiger partial charge on any atom is -0.349 e. The molecule has 1 aromatic carbocycles. The second kappa shape index (κ2) is 6.81. The number of rotatable bonds is 4. The van der Waals surface area contributed by atoms with Crippen LogP contribution in [0.2, 0.25) is 0 Å². The number of piperidine rings is 1. The summed E-state index contributed by atoms with van der Waals surface area (Å²) in [5.41, 5.74) is 6.16. The topological polar surface area (TPSA) is 58.4 Å². The van der Waals surface area contributed by atoms with Crippen LogP contribution in [0.4, 0.5) is 4.39 Å². The third kappa shape index (κ3) is 3.55. The van der Waals surface area contributed by atoms with Gasteiger partial charge in [-0.1, -0.05) is 12.1 Å². The number of likely N-dealkylation sites (tertiary alicyclic amines) is 1. The Morgan fingerprint density at radius 1 is 1.45 bits per heavy atom. The molecule has 0 saturated carbocycles. The summed E-state index contributed by atoms with van der Waals surface area (Å²) in [4.78, 5) is 14.4. The van der Waals surface area contributed by atoms with E-state index < -0.39 is 5.82 Å². The summed E-state index contributed by atoms with van der Waals surface area (Å²) in [7, 11) is 0. The molecule has 0 radical (unpaired) electrons. The second-order valence-electron chi connectivity index (χ2n) is 5.31. The number of benzene rings is 1. The van der Waals surface area contributed by atoms with Crippen molar-refractivity contribution in [3.05, 3.63) is 35.1 Å². The molecule has 0 bridgehead atoms. The van der Waals surface area contributed by atoms with E-state index in [1.165, 1.54) is 6.07 Å². The number of aryl methyl sites for hydroxylation is 1. The van der Waals surface area contributed by atoms with E-state index in [0.717, 1.165) is 32.5 Å². The van der Waals surface area contributed by atoms with Crippen LogP contribution in [0.5, 0.6) is 0 Å². The van der Waals surface area contributed by atoms with E-state index >= 15 is 0 Å². The molecule has 1 aliphatic rings. The molecule has 1 fully saturated rings. The van der Waals surface area contributed by atoms with Crippen LogP contribution < -0.4 is 11.1 Å². The van der Waals surface area contributed by atoms with Gasteiger partial charge in [-0.2, -0.15) is 0 Å². The van der Waals surface area contributed by atoms with Gasteiger partial charge < -0.3 is 16.0 Å². The number of amides is 1. The largest absolute Gasteiger partial charge is 0.349 e. The van der Waals surface area contributed by atoms with E-state index in [1.54, 1.807) is 19.1 Å². The summed E-state index contributed by atoms with van der Waals surface area (Å²) >= 11 is 0. The maximum absolute atomic E-state index is 13.9. The van der Waals surface area contributed by atoms with E-state index in [0.29, 0.717) is 12.1 Å². The summed E-state index contributed by atoms with van der Waals surface area (Å²) in [5, 5.41) is 2.93. The van der Waals surface area contributed by atoms with Crippen molar-refractivity contribution in [3.63, 3.8) is 0 Å². The number of carbonyl (C=O) groups excluding carboxylic acids is 1. The highest BCUT2D eigenvalue weighted by molar-refractivity contribution is 5.94. The molecule has 0 spiro atoms. The van der Waals surface area contributed by atoms with Gasteiger partial charge in [0.1, 0.15) is 5.82 Å². The van der Waals surface area contributed by atoms with Gasteiger partial charge >= 0.3 is 0 Å². The lowest BCUT2D eigenvalue weighted by Crippen LogP contribution is -2.45. The average molecular weight is 279 g/mol. The van der Waals surface area contributed by atoms with Gasteiger partial charge in [-0.3, -0.25) is 4.79 Å². The van der Waals surface area contributed by atoms with Crippen molar-refractivity contribution in [2.24, 2.45) is 5.73 Å². The van der Waals surface area contributed by atoms with Crippen LogP contribution in [0.3, 0.4) is 0 Å². The van der Waals surface area contributed by atoms with Gasteiger partial charge in [0.15, 0.2) is 0 Å². The van der Waals surface area contributed by atoms with Gasteiger partial charge in [0.25, 0.3) is 5.91 Å². The number of nitrogens with zero attached hydrogens (tertiary/aromatic N) is 1. The number of nitrogens with one attached hydrogen (secondary N) is 1. The number of halogens is 1. The lowest BCUT2D eigenvalue weighted by Gasteiger charge is -2.32. The lowest BCUT2D eigenvalue weighted by atomic mass is 10.0. The fourth-order valence-corrected chi connectivity index (χ4v) is 2.57. The molecule has 1 saturated heterocycles. The Kier molecular flexibility index (Phi) is 5.09. The Labute approximate surface area is 119 Å². The Morgan fingerprint density at radius 2 is 2.15 bits per heavy atom. The van der Waals surface area contributed by atoms with E-state index in [4.69, 9.17) is 5.73 Å². The maximum Gasteiger partial charge on any atom is 0.254 e. The van der Waals surface area contributed by atoms with Gasteiger partial charge in [0.05, 0.1) is 5.56 Å². The maximum atomic E-state index is 13.9. The zero-order chi connectivity index (χ0) is 14.5. The van der Waals surface area contributed by atoms with Crippen molar-refractivity contribution < 1.29 is 9.18 Å². The normalized spacial score (nSPS) is 17.1. The third-order valence-electron chi connectivity index (χ3n) is 3.80. The summed E-state index contributed by atoms with van der Waals surface area (Å²) in [6, 6.07) is 5.02. The predicted molar refractivity (Wildman–Crippen MR) is 77.1 cm³/mol. The van der Waals surface area contributed by atoms with E-state index in [1.807, 2.05) is 0 Å².